The van der Waals surface area contributed by atoms with E-state index in [2.05, 4.69) is 19.8 Å². The van der Waals surface area contributed by atoms with Gasteiger partial charge in [-0.15, -0.1) is 4.36 Å². The van der Waals surface area contributed by atoms with Gasteiger partial charge in [-0.1, -0.05) is 13.8 Å². The molecule has 1 aliphatic rings. The number of pyridine rings is 1. The molecule has 0 unspecified atom stereocenters. The van der Waals surface area contributed by atoms with Gasteiger partial charge in [0.15, 0.2) is 9.92 Å². The number of ether oxygens (including phenoxy) is 1. The minimum Gasteiger partial charge on any atom is -0.477 e. The van der Waals surface area contributed by atoms with Crippen LogP contribution in [0.1, 0.15) is 31.7 Å². The number of anilines is 1. The van der Waals surface area contributed by atoms with Crippen LogP contribution in [0.2, 0.25) is 0 Å². The van der Waals surface area contributed by atoms with Crippen molar-refractivity contribution in [1.29, 1.82) is 0 Å². The van der Waals surface area contributed by atoms with Crippen LogP contribution < -0.4 is 15.2 Å². The van der Waals surface area contributed by atoms with Gasteiger partial charge in [-0.2, -0.15) is 5.10 Å². The Morgan fingerprint density at radius 1 is 1.34 bits per heavy atom. The number of hydrogen-bond donors (Lipinski definition) is 2. The van der Waals surface area contributed by atoms with Crippen molar-refractivity contribution < 1.29 is 18.1 Å². The molecule has 3 heterocycles. The number of halogens is 1. The molecule has 1 atom stereocenters. The molecule has 0 spiro atoms. The fraction of sp³-hybridized carbons (Fsp3) is 0.286. The fourth-order valence-electron chi connectivity index (χ4n) is 3.53. The summed E-state index contributed by atoms with van der Waals surface area (Å²) in [6, 6.07) is 5.16. The van der Waals surface area contributed by atoms with Crippen molar-refractivity contribution in [2.24, 2.45) is 9.50 Å². The molecule has 0 bridgehead atoms. The van der Waals surface area contributed by atoms with E-state index in [0.29, 0.717) is 35.5 Å². The standard InChI is InChI=1S/C21H23FN6O3S/c1-13(2)16-10-15(22)11-17(14-4-6-24-7-5-14)19(16)26-21(29)27-32(23,30)18-12-25-28-8-3-9-31-20(18)28/h4-7,10-13H,3,8-9H2,1-2H3,(H3,23,26,27,29,30)/t32-/m0/s1. The van der Waals surface area contributed by atoms with E-state index in [0.717, 1.165) is 6.42 Å². The zero-order valence-corrected chi connectivity index (χ0v) is 18.4. The van der Waals surface area contributed by atoms with Crippen LogP contribution in [0, 0.1) is 5.82 Å². The van der Waals surface area contributed by atoms with E-state index in [1.807, 2.05) is 13.8 Å². The van der Waals surface area contributed by atoms with Crippen LogP contribution in [0.15, 0.2) is 52.1 Å². The predicted octanol–water partition coefficient (Wildman–Crippen LogP) is 3.92. The molecule has 4 rings (SSSR count). The summed E-state index contributed by atoms with van der Waals surface area (Å²) in [5.41, 5.74) is 2.04. The van der Waals surface area contributed by atoms with E-state index < -0.39 is 21.8 Å². The fourth-order valence-corrected chi connectivity index (χ4v) is 4.53. The van der Waals surface area contributed by atoms with E-state index in [1.165, 1.54) is 23.0 Å². The monoisotopic (exact) mass is 458 g/mol. The lowest BCUT2D eigenvalue weighted by Gasteiger charge is -2.18. The van der Waals surface area contributed by atoms with E-state index in [4.69, 9.17) is 9.88 Å². The van der Waals surface area contributed by atoms with Gasteiger partial charge in [0.2, 0.25) is 5.88 Å². The summed E-state index contributed by atoms with van der Waals surface area (Å²) in [5.74, 6) is -0.302. The molecule has 2 amide bonds. The SMILES string of the molecule is CC(C)c1cc(F)cc(-c2ccncc2)c1NC(=O)N=[S@](N)(=O)c1cnn2c1OCCC2. The second kappa shape index (κ2) is 8.67. The molecule has 32 heavy (non-hydrogen) atoms. The summed E-state index contributed by atoms with van der Waals surface area (Å²) in [5, 5.41) is 12.7. The maximum atomic E-state index is 14.4. The molecule has 0 aliphatic carbocycles. The Hall–Kier alpha value is -3.31. The van der Waals surface area contributed by atoms with Crippen LogP contribution in [0.5, 0.6) is 5.88 Å². The van der Waals surface area contributed by atoms with Crippen molar-refractivity contribution in [3.8, 4) is 17.0 Å². The zero-order chi connectivity index (χ0) is 22.9. The molecule has 0 radical (unpaired) electrons. The largest absolute Gasteiger partial charge is 0.477 e. The summed E-state index contributed by atoms with van der Waals surface area (Å²) in [4.78, 5) is 16.9. The first kappa shape index (κ1) is 21.9. The lowest BCUT2D eigenvalue weighted by molar-refractivity contribution is 0.224. The number of urea groups is 1. The van der Waals surface area contributed by atoms with Gasteiger partial charge in [-0.05, 0) is 41.3 Å². The van der Waals surface area contributed by atoms with Gasteiger partial charge in [-0.3, -0.25) is 4.98 Å². The third-order valence-electron chi connectivity index (χ3n) is 5.03. The minimum atomic E-state index is -3.63. The first-order valence-corrected chi connectivity index (χ1v) is 11.6. The highest BCUT2D eigenvalue weighted by Gasteiger charge is 2.24. The lowest BCUT2D eigenvalue weighted by Crippen LogP contribution is -2.21. The molecule has 3 N–H and O–H groups in total. The van der Waals surface area contributed by atoms with E-state index >= 15 is 0 Å². The number of hydrogen-bond acceptors (Lipinski definition) is 5. The average Bonchev–Trinajstić information content (AvgIpc) is 3.20. The molecule has 168 valence electrons. The number of fused-ring (bicyclic) bond motifs is 1. The molecular formula is C21H23FN6O3S. The van der Waals surface area contributed by atoms with Crippen LogP contribution in [-0.4, -0.2) is 31.6 Å². The van der Waals surface area contributed by atoms with Gasteiger partial charge in [-0.25, -0.2) is 23.2 Å². The first-order valence-electron chi connectivity index (χ1n) is 10.0. The van der Waals surface area contributed by atoms with E-state index in [-0.39, 0.29) is 16.7 Å². The van der Waals surface area contributed by atoms with Crippen molar-refractivity contribution in [1.82, 2.24) is 14.8 Å². The molecule has 1 aromatic carbocycles. The summed E-state index contributed by atoms with van der Waals surface area (Å²) < 4.78 is 38.3. The van der Waals surface area contributed by atoms with Crippen molar-refractivity contribution in [2.45, 2.75) is 37.6 Å². The second-order valence-corrected chi connectivity index (χ2v) is 9.40. The van der Waals surface area contributed by atoms with Gasteiger partial charge >= 0.3 is 6.03 Å². The number of nitrogens with two attached hydrogens (primary N) is 1. The Balaban J connectivity index is 1.75. The Labute approximate surface area is 185 Å². The highest BCUT2D eigenvalue weighted by molar-refractivity contribution is 7.91. The normalized spacial score (nSPS) is 14.9. The Kier molecular flexibility index (Phi) is 5.94. The molecule has 0 saturated heterocycles. The maximum absolute atomic E-state index is 14.4. The van der Waals surface area contributed by atoms with Gasteiger partial charge in [0.05, 0.1) is 18.5 Å². The number of aryl methyl sites for hydroxylation is 1. The number of benzene rings is 1. The molecule has 11 heteroatoms. The molecular weight excluding hydrogens is 435 g/mol. The number of amides is 2. The Morgan fingerprint density at radius 2 is 2.09 bits per heavy atom. The third-order valence-corrected chi connectivity index (χ3v) is 6.37. The van der Waals surface area contributed by atoms with Crippen molar-refractivity contribution in [3.63, 3.8) is 0 Å². The topological polar surface area (TPSA) is 124 Å². The molecule has 3 aromatic rings. The summed E-state index contributed by atoms with van der Waals surface area (Å²) in [7, 11) is -3.63. The highest BCUT2D eigenvalue weighted by atomic mass is 32.2. The van der Waals surface area contributed by atoms with Gasteiger partial charge in [0.1, 0.15) is 10.7 Å². The zero-order valence-electron chi connectivity index (χ0n) is 17.6. The van der Waals surface area contributed by atoms with Crippen LogP contribution in [0.3, 0.4) is 0 Å². The number of rotatable bonds is 4. The summed E-state index contributed by atoms with van der Waals surface area (Å²) in [6.45, 7) is 4.78. The number of nitrogens with zero attached hydrogens (tertiary/aromatic N) is 4. The predicted molar refractivity (Wildman–Crippen MR) is 118 cm³/mol. The van der Waals surface area contributed by atoms with Crippen LogP contribution in [-0.2, 0) is 16.5 Å². The number of aromatic nitrogens is 3. The summed E-state index contributed by atoms with van der Waals surface area (Å²) in [6.07, 6.45) is 5.21. The molecule has 0 fully saturated rings. The smallest absolute Gasteiger partial charge is 0.354 e. The van der Waals surface area contributed by atoms with Crippen molar-refractivity contribution in [3.05, 3.63) is 54.2 Å². The number of carbonyl (C=O) groups is 1. The van der Waals surface area contributed by atoms with Crippen LogP contribution >= 0.6 is 0 Å². The molecule has 2 aromatic heterocycles. The minimum absolute atomic E-state index is 0.0601. The average molecular weight is 459 g/mol. The Morgan fingerprint density at radius 3 is 2.81 bits per heavy atom. The molecule has 0 saturated carbocycles. The number of nitrogens with one attached hydrogen (secondary N) is 1. The first-order chi connectivity index (χ1) is 15.3. The maximum Gasteiger partial charge on any atom is 0.354 e. The lowest BCUT2D eigenvalue weighted by atomic mass is 9.94. The number of carbonyl (C=O) groups excluding carboxylic acids is 1. The Bertz CT molecular complexity index is 1280. The summed E-state index contributed by atoms with van der Waals surface area (Å²) >= 11 is 0. The van der Waals surface area contributed by atoms with Gasteiger partial charge < -0.3 is 10.1 Å². The van der Waals surface area contributed by atoms with Crippen LogP contribution in [0.25, 0.3) is 11.1 Å². The molecule has 1 aliphatic heterocycles. The second-order valence-electron chi connectivity index (χ2n) is 7.64. The molecule has 9 nitrogen and oxygen atoms in total. The van der Waals surface area contributed by atoms with Gasteiger partial charge in [0.25, 0.3) is 0 Å². The third kappa shape index (κ3) is 4.34. The van der Waals surface area contributed by atoms with E-state index in [9.17, 15) is 13.4 Å². The highest BCUT2D eigenvalue weighted by Crippen LogP contribution is 2.36. The van der Waals surface area contributed by atoms with Gasteiger partial charge in [0, 0.05) is 30.9 Å². The van der Waals surface area contributed by atoms with Crippen molar-refractivity contribution >= 4 is 21.6 Å². The quantitative estimate of drug-likeness (QED) is 0.613. The van der Waals surface area contributed by atoms with Crippen molar-refractivity contribution in [2.75, 3.05) is 11.9 Å². The van der Waals surface area contributed by atoms with Crippen LogP contribution in [0.4, 0.5) is 14.9 Å². The van der Waals surface area contributed by atoms with E-state index in [1.54, 1.807) is 24.5 Å².